The summed E-state index contributed by atoms with van der Waals surface area (Å²) in [5, 5.41) is 3.69. The lowest BCUT2D eigenvalue weighted by Crippen LogP contribution is -2.16. The molecule has 1 N–H and O–H groups in total. The predicted octanol–water partition coefficient (Wildman–Crippen LogP) is 2.85. The molecule has 0 saturated carbocycles. The van der Waals surface area contributed by atoms with Gasteiger partial charge in [-0.15, -0.1) is 0 Å². The maximum atomic E-state index is 13.2. The monoisotopic (exact) mass is 298 g/mol. The van der Waals surface area contributed by atoms with E-state index >= 15 is 0 Å². The van der Waals surface area contributed by atoms with Gasteiger partial charge in [0.05, 0.1) is 10.6 Å². The second-order valence-electron chi connectivity index (χ2n) is 4.70. The Balaban J connectivity index is 2.49. The molecule has 1 aromatic heterocycles. The van der Waals surface area contributed by atoms with Crippen LogP contribution in [0, 0.1) is 33.5 Å². The first-order valence-corrected chi connectivity index (χ1v) is 7.43. The summed E-state index contributed by atoms with van der Waals surface area (Å²) in [7, 11) is -3.85. The molecule has 7 heteroatoms. The fourth-order valence-corrected chi connectivity index (χ4v) is 3.51. The lowest BCUT2D eigenvalue weighted by molar-refractivity contribution is 0.430. The van der Waals surface area contributed by atoms with E-state index in [1.165, 1.54) is 12.1 Å². The number of aromatic nitrogens is 1. The Kier molecular flexibility index (Phi) is 3.56. The topological polar surface area (TPSA) is 72.2 Å². The number of halogens is 1. The maximum absolute atomic E-state index is 13.2. The SMILES string of the molecule is Cc1cc(F)cc(C)c1S(=O)(=O)Nc1onc(C)c1C. The molecular weight excluding hydrogens is 283 g/mol. The molecule has 0 unspecified atom stereocenters. The minimum absolute atomic E-state index is 0.0485. The minimum atomic E-state index is -3.85. The number of hydrogen-bond acceptors (Lipinski definition) is 4. The molecule has 0 saturated heterocycles. The van der Waals surface area contributed by atoms with Gasteiger partial charge in [-0.2, -0.15) is 0 Å². The molecule has 108 valence electrons. The van der Waals surface area contributed by atoms with Crippen LogP contribution in [0.25, 0.3) is 0 Å². The highest BCUT2D eigenvalue weighted by Crippen LogP contribution is 2.26. The van der Waals surface area contributed by atoms with Crippen LogP contribution in [0.1, 0.15) is 22.4 Å². The van der Waals surface area contributed by atoms with Crippen LogP contribution in [0.5, 0.6) is 0 Å². The van der Waals surface area contributed by atoms with E-state index in [1.54, 1.807) is 27.7 Å². The molecule has 0 atom stereocenters. The zero-order valence-electron chi connectivity index (χ0n) is 11.6. The molecule has 0 fully saturated rings. The average Bonchev–Trinajstić information content (AvgIpc) is 2.58. The summed E-state index contributed by atoms with van der Waals surface area (Å²) in [5.74, 6) is -0.392. The highest BCUT2D eigenvalue weighted by Gasteiger charge is 2.23. The summed E-state index contributed by atoms with van der Waals surface area (Å²) in [6, 6.07) is 2.36. The van der Waals surface area contributed by atoms with Gasteiger partial charge in [0.1, 0.15) is 5.82 Å². The highest BCUT2D eigenvalue weighted by atomic mass is 32.2. The molecule has 20 heavy (non-hydrogen) atoms. The number of sulfonamides is 1. The Morgan fingerprint density at radius 1 is 1.15 bits per heavy atom. The van der Waals surface area contributed by atoms with E-state index in [0.717, 1.165) is 0 Å². The lowest BCUT2D eigenvalue weighted by Gasteiger charge is -2.11. The van der Waals surface area contributed by atoms with Gasteiger partial charge < -0.3 is 4.52 Å². The van der Waals surface area contributed by atoms with Crippen LogP contribution in [0.4, 0.5) is 10.3 Å². The Hall–Kier alpha value is -1.89. The number of rotatable bonds is 3. The van der Waals surface area contributed by atoms with Crippen molar-refractivity contribution in [2.75, 3.05) is 4.72 Å². The van der Waals surface area contributed by atoms with Crippen LogP contribution in [-0.4, -0.2) is 13.6 Å². The van der Waals surface area contributed by atoms with Gasteiger partial charge in [-0.25, -0.2) is 17.5 Å². The zero-order valence-corrected chi connectivity index (χ0v) is 12.4. The smallest absolute Gasteiger partial charge is 0.264 e. The second-order valence-corrected chi connectivity index (χ2v) is 6.32. The molecule has 5 nitrogen and oxygen atoms in total. The van der Waals surface area contributed by atoms with Gasteiger partial charge in [0, 0.05) is 5.56 Å². The molecule has 0 amide bonds. The Labute approximate surface area is 116 Å². The van der Waals surface area contributed by atoms with Gasteiger partial charge in [-0.3, -0.25) is 0 Å². The van der Waals surface area contributed by atoms with Gasteiger partial charge in [-0.1, -0.05) is 5.16 Å². The zero-order chi connectivity index (χ0) is 15.1. The molecule has 2 rings (SSSR count). The van der Waals surface area contributed by atoms with Gasteiger partial charge >= 0.3 is 0 Å². The fourth-order valence-electron chi connectivity index (χ4n) is 2.00. The normalized spacial score (nSPS) is 11.7. The first kappa shape index (κ1) is 14.5. The molecule has 0 spiro atoms. The average molecular weight is 298 g/mol. The Morgan fingerprint density at radius 2 is 1.70 bits per heavy atom. The molecule has 0 aliphatic carbocycles. The molecule has 0 aliphatic rings. The van der Waals surface area contributed by atoms with Gasteiger partial charge in [0.2, 0.25) is 5.88 Å². The molecule has 0 radical (unpaired) electrons. The quantitative estimate of drug-likeness (QED) is 0.945. The number of anilines is 1. The van der Waals surface area contributed by atoms with Crippen molar-refractivity contribution in [2.24, 2.45) is 0 Å². The minimum Gasteiger partial charge on any atom is -0.337 e. The van der Waals surface area contributed by atoms with Gasteiger partial charge in [0.25, 0.3) is 10.0 Å². The van der Waals surface area contributed by atoms with Crippen molar-refractivity contribution < 1.29 is 17.3 Å². The number of benzene rings is 1. The summed E-state index contributed by atoms with van der Waals surface area (Å²) >= 11 is 0. The van der Waals surface area contributed by atoms with Crippen molar-refractivity contribution in [1.82, 2.24) is 5.16 Å². The van der Waals surface area contributed by atoms with Gasteiger partial charge in [0.15, 0.2) is 0 Å². The number of hydrogen-bond donors (Lipinski definition) is 1. The third kappa shape index (κ3) is 2.53. The second kappa shape index (κ2) is 4.90. The van der Waals surface area contributed by atoms with Crippen LogP contribution in [0.15, 0.2) is 21.6 Å². The summed E-state index contributed by atoms with van der Waals surface area (Å²) in [5.41, 5.74) is 1.90. The van der Waals surface area contributed by atoms with Crippen molar-refractivity contribution in [3.63, 3.8) is 0 Å². The van der Waals surface area contributed by atoms with Crippen molar-refractivity contribution in [3.8, 4) is 0 Å². The van der Waals surface area contributed by atoms with Crippen molar-refractivity contribution in [2.45, 2.75) is 32.6 Å². The van der Waals surface area contributed by atoms with E-state index < -0.39 is 15.8 Å². The van der Waals surface area contributed by atoms with E-state index in [2.05, 4.69) is 9.88 Å². The van der Waals surface area contributed by atoms with E-state index in [4.69, 9.17) is 4.52 Å². The van der Waals surface area contributed by atoms with Crippen molar-refractivity contribution in [1.29, 1.82) is 0 Å². The molecule has 1 aromatic carbocycles. The number of nitrogens with one attached hydrogen (secondary N) is 1. The van der Waals surface area contributed by atoms with Crippen molar-refractivity contribution >= 4 is 15.9 Å². The first-order chi connectivity index (χ1) is 9.22. The van der Waals surface area contributed by atoms with Crippen LogP contribution in [0.3, 0.4) is 0 Å². The third-order valence-electron chi connectivity index (χ3n) is 3.08. The number of nitrogens with zero attached hydrogens (tertiary/aromatic N) is 1. The van der Waals surface area contributed by atoms with E-state index in [1.807, 2.05) is 0 Å². The molecule has 0 bridgehead atoms. The Morgan fingerprint density at radius 3 is 2.15 bits per heavy atom. The first-order valence-electron chi connectivity index (χ1n) is 5.95. The summed E-state index contributed by atoms with van der Waals surface area (Å²) in [6.45, 7) is 6.51. The standard InChI is InChI=1S/C13H15FN2O3S/c1-7-5-11(14)6-8(2)12(7)20(17,18)16-13-9(3)10(4)15-19-13/h5-6,16H,1-4H3. The Bertz CT molecular complexity index is 743. The van der Waals surface area contributed by atoms with Crippen molar-refractivity contribution in [3.05, 3.63) is 40.3 Å². The van der Waals surface area contributed by atoms with Crippen LogP contribution in [0.2, 0.25) is 0 Å². The maximum Gasteiger partial charge on any atom is 0.264 e. The number of aryl methyl sites for hydroxylation is 3. The van der Waals surface area contributed by atoms with E-state index in [-0.39, 0.29) is 10.8 Å². The van der Waals surface area contributed by atoms with E-state index in [0.29, 0.717) is 22.4 Å². The van der Waals surface area contributed by atoms with E-state index in [9.17, 15) is 12.8 Å². The molecule has 0 aliphatic heterocycles. The van der Waals surface area contributed by atoms with Gasteiger partial charge in [-0.05, 0) is 51.0 Å². The summed E-state index contributed by atoms with van der Waals surface area (Å²) in [6.07, 6.45) is 0. The molecular formula is C13H15FN2O3S. The molecule has 2 aromatic rings. The van der Waals surface area contributed by atoms with Crippen LogP contribution in [-0.2, 0) is 10.0 Å². The lowest BCUT2D eigenvalue weighted by atomic mass is 10.1. The van der Waals surface area contributed by atoms with Crippen LogP contribution >= 0.6 is 0 Å². The summed E-state index contributed by atoms with van der Waals surface area (Å²) in [4.78, 5) is 0.0485. The summed E-state index contributed by atoms with van der Waals surface area (Å²) < 4.78 is 45.3. The highest BCUT2D eigenvalue weighted by molar-refractivity contribution is 7.92. The largest absolute Gasteiger partial charge is 0.337 e. The fraction of sp³-hybridized carbons (Fsp3) is 0.308. The van der Waals surface area contributed by atoms with Crippen LogP contribution < -0.4 is 4.72 Å². The molecule has 1 heterocycles. The third-order valence-corrected chi connectivity index (χ3v) is 4.71. The predicted molar refractivity (Wildman–Crippen MR) is 72.7 cm³/mol.